The summed E-state index contributed by atoms with van der Waals surface area (Å²) in [5.41, 5.74) is 12.1. The molecule has 0 aliphatic carbocycles. The van der Waals surface area contributed by atoms with Gasteiger partial charge in [-0.15, -0.1) is 0 Å². The SMILES string of the molecule is Cc1ccc(-n2nc3c(c2N)CSC3)c(C)c1. The smallest absolute Gasteiger partial charge is 0.131 e. The standard InChI is InChI=1S/C13H15N3S/c1-8-3-4-12(9(2)5-8)16-13(14)10-6-17-7-11(10)15-16/h3-5H,6-7,14H2,1-2H3. The molecule has 17 heavy (non-hydrogen) atoms. The van der Waals surface area contributed by atoms with Crippen LogP contribution in [0.5, 0.6) is 0 Å². The van der Waals surface area contributed by atoms with Gasteiger partial charge in [-0.2, -0.15) is 16.9 Å². The molecule has 0 fully saturated rings. The van der Waals surface area contributed by atoms with Gasteiger partial charge in [0.1, 0.15) is 5.82 Å². The summed E-state index contributed by atoms with van der Waals surface area (Å²) < 4.78 is 1.89. The number of benzene rings is 1. The Hall–Kier alpha value is -1.42. The van der Waals surface area contributed by atoms with E-state index in [1.54, 1.807) is 0 Å². The lowest BCUT2D eigenvalue weighted by Crippen LogP contribution is -2.05. The maximum absolute atomic E-state index is 6.18. The summed E-state index contributed by atoms with van der Waals surface area (Å²) in [6.45, 7) is 4.20. The number of nitrogen functional groups attached to an aromatic ring is 1. The molecule has 1 aliphatic heterocycles. The predicted octanol–water partition coefficient (Wildman–Crippen LogP) is 2.82. The van der Waals surface area contributed by atoms with Crippen LogP contribution in [0.2, 0.25) is 0 Å². The molecule has 0 saturated carbocycles. The fourth-order valence-electron chi connectivity index (χ4n) is 2.26. The molecular weight excluding hydrogens is 230 g/mol. The van der Waals surface area contributed by atoms with Crippen LogP contribution in [0.4, 0.5) is 5.82 Å². The van der Waals surface area contributed by atoms with Crippen molar-refractivity contribution >= 4 is 17.6 Å². The van der Waals surface area contributed by atoms with Crippen molar-refractivity contribution < 1.29 is 0 Å². The predicted molar refractivity (Wildman–Crippen MR) is 72.4 cm³/mol. The van der Waals surface area contributed by atoms with Crippen molar-refractivity contribution in [1.29, 1.82) is 0 Å². The van der Waals surface area contributed by atoms with E-state index < -0.39 is 0 Å². The highest BCUT2D eigenvalue weighted by molar-refractivity contribution is 7.98. The highest BCUT2D eigenvalue weighted by Gasteiger charge is 2.21. The molecule has 0 bridgehead atoms. The Labute approximate surface area is 105 Å². The van der Waals surface area contributed by atoms with Gasteiger partial charge in [-0.25, -0.2) is 4.68 Å². The van der Waals surface area contributed by atoms with Crippen molar-refractivity contribution in [2.75, 3.05) is 5.73 Å². The topological polar surface area (TPSA) is 43.8 Å². The Balaban J connectivity index is 2.16. The van der Waals surface area contributed by atoms with Gasteiger partial charge in [0.2, 0.25) is 0 Å². The highest BCUT2D eigenvalue weighted by atomic mass is 32.2. The summed E-state index contributed by atoms with van der Waals surface area (Å²) in [6, 6.07) is 6.36. The molecule has 0 amide bonds. The van der Waals surface area contributed by atoms with Crippen LogP contribution in [0.1, 0.15) is 22.4 Å². The minimum absolute atomic E-state index is 0.803. The van der Waals surface area contributed by atoms with Crippen molar-refractivity contribution in [3.63, 3.8) is 0 Å². The van der Waals surface area contributed by atoms with Crippen LogP contribution in [-0.4, -0.2) is 9.78 Å². The molecule has 1 aromatic heterocycles. The van der Waals surface area contributed by atoms with E-state index in [2.05, 4.69) is 37.1 Å². The number of hydrogen-bond acceptors (Lipinski definition) is 3. The fraction of sp³-hybridized carbons (Fsp3) is 0.308. The molecule has 0 atom stereocenters. The first-order valence-corrected chi connectivity index (χ1v) is 6.84. The molecule has 0 unspecified atom stereocenters. The van der Waals surface area contributed by atoms with Crippen molar-refractivity contribution in [3.8, 4) is 5.69 Å². The third kappa shape index (κ3) is 1.63. The van der Waals surface area contributed by atoms with Gasteiger partial charge in [0, 0.05) is 17.1 Å². The molecule has 4 heteroatoms. The molecule has 88 valence electrons. The van der Waals surface area contributed by atoms with E-state index >= 15 is 0 Å². The molecular formula is C13H15N3S. The number of aryl methyl sites for hydroxylation is 2. The minimum atomic E-state index is 0.803. The van der Waals surface area contributed by atoms with Gasteiger partial charge < -0.3 is 5.73 Å². The molecule has 1 aliphatic rings. The Morgan fingerprint density at radius 2 is 2.12 bits per heavy atom. The highest BCUT2D eigenvalue weighted by Crippen LogP contribution is 2.34. The van der Waals surface area contributed by atoms with Gasteiger partial charge in [-0.1, -0.05) is 17.7 Å². The van der Waals surface area contributed by atoms with Gasteiger partial charge in [-0.3, -0.25) is 0 Å². The molecule has 2 aromatic rings. The summed E-state index contributed by atoms with van der Waals surface area (Å²) in [7, 11) is 0. The summed E-state index contributed by atoms with van der Waals surface area (Å²) in [5, 5.41) is 4.62. The lowest BCUT2D eigenvalue weighted by molar-refractivity contribution is 0.861. The van der Waals surface area contributed by atoms with Crippen molar-refractivity contribution in [2.24, 2.45) is 0 Å². The third-order valence-corrected chi connectivity index (χ3v) is 4.14. The van der Waals surface area contributed by atoms with Crippen molar-refractivity contribution in [2.45, 2.75) is 25.4 Å². The number of fused-ring (bicyclic) bond motifs is 1. The van der Waals surface area contributed by atoms with E-state index in [0.717, 1.165) is 28.7 Å². The molecule has 0 saturated heterocycles. The number of rotatable bonds is 1. The van der Waals surface area contributed by atoms with Crippen molar-refractivity contribution in [3.05, 3.63) is 40.6 Å². The van der Waals surface area contributed by atoms with Gasteiger partial charge in [0.05, 0.1) is 11.4 Å². The van der Waals surface area contributed by atoms with Crippen LogP contribution < -0.4 is 5.73 Å². The number of thioether (sulfide) groups is 1. The lowest BCUT2D eigenvalue weighted by atomic mass is 10.1. The average molecular weight is 245 g/mol. The third-order valence-electron chi connectivity index (χ3n) is 3.17. The van der Waals surface area contributed by atoms with E-state index in [4.69, 9.17) is 5.73 Å². The number of nitrogens with two attached hydrogens (primary N) is 1. The molecule has 2 heterocycles. The zero-order valence-electron chi connectivity index (χ0n) is 10.0. The van der Waals surface area contributed by atoms with Gasteiger partial charge in [0.15, 0.2) is 0 Å². The van der Waals surface area contributed by atoms with Crippen LogP contribution in [0.15, 0.2) is 18.2 Å². The maximum Gasteiger partial charge on any atom is 0.131 e. The number of anilines is 1. The van der Waals surface area contributed by atoms with Gasteiger partial charge in [0.25, 0.3) is 0 Å². The minimum Gasteiger partial charge on any atom is -0.383 e. The Kier molecular flexibility index (Phi) is 2.40. The zero-order valence-corrected chi connectivity index (χ0v) is 10.8. The Morgan fingerprint density at radius 1 is 1.29 bits per heavy atom. The van der Waals surface area contributed by atoms with Gasteiger partial charge >= 0.3 is 0 Å². The van der Waals surface area contributed by atoms with E-state index in [-0.39, 0.29) is 0 Å². The largest absolute Gasteiger partial charge is 0.383 e. The van der Waals surface area contributed by atoms with Gasteiger partial charge in [-0.05, 0) is 25.5 Å². The molecule has 3 rings (SSSR count). The van der Waals surface area contributed by atoms with Crippen LogP contribution >= 0.6 is 11.8 Å². The Morgan fingerprint density at radius 3 is 2.82 bits per heavy atom. The summed E-state index contributed by atoms with van der Waals surface area (Å²) >= 11 is 1.88. The van der Waals surface area contributed by atoms with E-state index in [9.17, 15) is 0 Å². The zero-order chi connectivity index (χ0) is 12.0. The maximum atomic E-state index is 6.18. The first-order chi connectivity index (χ1) is 8.16. The summed E-state index contributed by atoms with van der Waals surface area (Å²) in [4.78, 5) is 0. The number of hydrogen-bond donors (Lipinski definition) is 1. The fourth-order valence-corrected chi connectivity index (χ4v) is 3.31. The summed E-state index contributed by atoms with van der Waals surface area (Å²) in [5.74, 6) is 2.78. The first kappa shape index (κ1) is 10.7. The second kappa shape index (κ2) is 3.81. The molecule has 0 radical (unpaired) electrons. The molecule has 0 spiro atoms. The van der Waals surface area contributed by atoms with Crippen LogP contribution in [0, 0.1) is 13.8 Å². The normalized spacial score (nSPS) is 14.0. The molecule has 2 N–H and O–H groups in total. The van der Waals surface area contributed by atoms with Crippen molar-refractivity contribution in [1.82, 2.24) is 9.78 Å². The van der Waals surface area contributed by atoms with E-state index in [1.807, 2.05) is 16.4 Å². The Bertz CT molecular complexity index is 587. The second-order valence-corrected chi connectivity index (χ2v) is 5.49. The molecule has 1 aromatic carbocycles. The average Bonchev–Trinajstić information content (AvgIpc) is 2.83. The second-order valence-electron chi connectivity index (χ2n) is 4.51. The van der Waals surface area contributed by atoms with E-state index in [0.29, 0.717) is 0 Å². The van der Waals surface area contributed by atoms with Crippen LogP contribution in [-0.2, 0) is 11.5 Å². The van der Waals surface area contributed by atoms with Crippen LogP contribution in [0.3, 0.4) is 0 Å². The quantitative estimate of drug-likeness (QED) is 0.840. The molecule has 3 nitrogen and oxygen atoms in total. The first-order valence-electron chi connectivity index (χ1n) is 5.68. The number of aromatic nitrogens is 2. The lowest BCUT2D eigenvalue weighted by Gasteiger charge is -2.09. The monoisotopic (exact) mass is 245 g/mol. The summed E-state index contributed by atoms with van der Waals surface area (Å²) in [6.07, 6.45) is 0. The number of nitrogens with zero attached hydrogens (tertiary/aromatic N) is 2. The van der Waals surface area contributed by atoms with E-state index in [1.165, 1.54) is 16.7 Å². The van der Waals surface area contributed by atoms with Crippen LogP contribution in [0.25, 0.3) is 5.69 Å².